The molecular weight excluding hydrogens is 162 g/mol. The van der Waals surface area contributed by atoms with Gasteiger partial charge in [-0.15, -0.1) is 0 Å². The van der Waals surface area contributed by atoms with Crippen LogP contribution in [0.4, 0.5) is 0 Å². The van der Waals surface area contributed by atoms with Crippen molar-refractivity contribution in [2.24, 2.45) is 0 Å². The summed E-state index contributed by atoms with van der Waals surface area (Å²) in [5, 5.41) is 4.30. The highest BCUT2D eigenvalue weighted by atomic mass is 28.3. The van der Waals surface area contributed by atoms with Gasteiger partial charge in [0, 0.05) is 0 Å². The van der Waals surface area contributed by atoms with E-state index in [-0.39, 0.29) is 0 Å². The first-order valence-electron chi connectivity index (χ1n) is 4.35. The van der Waals surface area contributed by atoms with Crippen LogP contribution in [0.3, 0.4) is 0 Å². The summed E-state index contributed by atoms with van der Waals surface area (Å²) in [5.74, 6) is 0. The standard InChI is InChI=1S/C8H12Si.C2H7N/c1-9(2)8-6-4-3-5-7-8;1-3-2/h3-7,9H,1-2H3;3H,1-2H3. The van der Waals surface area contributed by atoms with Gasteiger partial charge in [0.25, 0.3) is 0 Å². The monoisotopic (exact) mass is 181 g/mol. The van der Waals surface area contributed by atoms with Crippen molar-refractivity contribution in [2.75, 3.05) is 14.1 Å². The van der Waals surface area contributed by atoms with Crippen molar-refractivity contribution < 1.29 is 0 Å². The zero-order chi connectivity index (χ0) is 9.40. The Hall–Kier alpha value is -0.603. The van der Waals surface area contributed by atoms with Gasteiger partial charge in [0.15, 0.2) is 0 Å². The molecule has 0 saturated heterocycles. The van der Waals surface area contributed by atoms with Crippen LogP contribution in [0, 0.1) is 0 Å². The van der Waals surface area contributed by atoms with E-state index in [2.05, 4.69) is 48.7 Å². The predicted molar refractivity (Wildman–Crippen MR) is 59.9 cm³/mol. The van der Waals surface area contributed by atoms with Crippen molar-refractivity contribution in [2.45, 2.75) is 13.1 Å². The normalized spacial score (nSPS) is 9.08. The van der Waals surface area contributed by atoms with Crippen LogP contribution in [-0.4, -0.2) is 22.9 Å². The summed E-state index contributed by atoms with van der Waals surface area (Å²) in [7, 11) is 3.22. The molecule has 0 radical (unpaired) electrons. The van der Waals surface area contributed by atoms with Crippen molar-refractivity contribution in [3.05, 3.63) is 30.3 Å². The lowest BCUT2D eigenvalue weighted by Gasteiger charge is -1.99. The zero-order valence-electron chi connectivity index (χ0n) is 8.46. The molecule has 0 aliphatic rings. The molecule has 1 rings (SSSR count). The molecule has 0 heterocycles. The summed E-state index contributed by atoms with van der Waals surface area (Å²) < 4.78 is 0. The van der Waals surface area contributed by atoms with Crippen LogP contribution in [0.1, 0.15) is 0 Å². The van der Waals surface area contributed by atoms with Gasteiger partial charge in [0.1, 0.15) is 0 Å². The van der Waals surface area contributed by atoms with Crippen LogP contribution in [0.5, 0.6) is 0 Å². The van der Waals surface area contributed by atoms with E-state index in [0.717, 1.165) is 0 Å². The van der Waals surface area contributed by atoms with Crippen LogP contribution >= 0.6 is 0 Å². The average molecular weight is 181 g/mol. The second-order valence-corrected chi connectivity index (χ2v) is 6.04. The van der Waals surface area contributed by atoms with E-state index in [9.17, 15) is 0 Å². The molecule has 68 valence electrons. The summed E-state index contributed by atoms with van der Waals surface area (Å²) in [4.78, 5) is 0. The van der Waals surface area contributed by atoms with Gasteiger partial charge in [0.05, 0.1) is 8.80 Å². The fraction of sp³-hybridized carbons (Fsp3) is 0.400. The Morgan fingerprint density at radius 2 is 1.42 bits per heavy atom. The van der Waals surface area contributed by atoms with Crippen molar-refractivity contribution >= 4 is 14.0 Å². The fourth-order valence-electron chi connectivity index (χ4n) is 0.838. The molecular formula is C10H19NSi. The smallest absolute Gasteiger partial charge is 0.0647 e. The van der Waals surface area contributed by atoms with Crippen molar-refractivity contribution in [3.8, 4) is 0 Å². The van der Waals surface area contributed by atoms with E-state index in [0.29, 0.717) is 0 Å². The van der Waals surface area contributed by atoms with E-state index >= 15 is 0 Å². The molecule has 0 aliphatic heterocycles. The molecule has 1 aromatic carbocycles. The Labute approximate surface area is 77.4 Å². The van der Waals surface area contributed by atoms with Crippen molar-refractivity contribution in [1.29, 1.82) is 0 Å². The van der Waals surface area contributed by atoms with E-state index in [4.69, 9.17) is 0 Å². The number of hydrogen-bond acceptors (Lipinski definition) is 1. The van der Waals surface area contributed by atoms with Crippen molar-refractivity contribution in [3.63, 3.8) is 0 Å². The molecule has 0 fully saturated rings. The maximum atomic E-state index is 2.75. The maximum absolute atomic E-state index is 2.75. The van der Waals surface area contributed by atoms with Gasteiger partial charge >= 0.3 is 0 Å². The molecule has 0 aliphatic carbocycles. The SMILES string of the molecule is CNC.C[SiH](C)c1ccccc1. The second-order valence-electron chi connectivity index (χ2n) is 3.07. The molecule has 0 bridgehead atoms. The quantitative estimate of drug-likeness (QED) is 0.642. The highest BCUT2D eigenvalue weighted by Crippen LogP contribution is 1.85. The van der Waals surface area contributed by atoms with E-state index < -0.39 is 8.80 Å². The third-order valence-electron chi connectivity index (χ3n) is 1.47. The van der Waals surface area contributed by atoms with Gasteiger partial charge in [-0.3, -0.25) is 0 Å². The van der Waals surface area contributed by atoms with Gasteiger partial charge in [-0.05, 0) is 14.1 Å². The minimum Gasteiger partial charge on any atom is -0.323 e. The Balaban J connectivity index is 0.000000354. The third kappa shape index (κ3) is 5.10. The fourth-order valence-corrected chi connectivity index (χ4v) is 1.83. The first-order chi connectivity index (χ1) is 5.72. The van der Waals surface area contributed by atoms with E-state index in [1.165, 1.54) is 0 Å². The van der Waals surface area contributed by atoms with E-state index in [1.807, 2.05) is 14.1 Å². The Morgan fingerprint density at radius 3 is 1.67 bits per heavy atom. The molecule has 0 unspecified atom stereocenters. The summed E-state index contributed by atoms with van der Waals surface area (Å²) in [6, 6.07) is 10.7. The molecule has 2 heteroatoms. The summed E-state index contributed by atoms with van der Waals surface area (Å²) >= 11 is 0. The molecule has 0 spiro atoms. The van der Waals surface area contributed by atoms with E-state index in [1.54, 1.807) is 5.19 Å². The lowest BCUT2D eigenvalue weighted by molar-refractivity contribution is 1.02. The number of benzene rings is 1. The first-order valence-corrected chi connectivity index (χ1v) is 7.24. The highest BCUT2D eigenvalue weighted by Gasteiger charge is 1.95. The van der Waals surface area contributed by atoms with Gasteiger partial charge in [-0.2, -0.15) is 0 Å². The van der Waals surface area contributed by atoms with Crippen molar-refractivity contribution in [1.82, 2.24) is 5.32 Å². The third-order valence-corrected chi connectivity index (χ3v) is 3.18. The number of rotatable bonds is 1. The summed E-state index contributed by atoms with van der Waals surface area (Å²) in [5.41, 5.74) is 0. The minimum absolute atomic E-state index is 0.529. The molecule has 0 saturated carbocycles. The number of nitrogens with one attached hydrogen (secondary N) is 1. The predicted octanol–water partition coefficient (Wildman–Crippen LogP) is 1.22. The molecule has 0 aromatic heterocycles. The molecule has 12 heavy (non-hydrogen) atoms. The number of hydrogen-bond donors (Lipinski definition) is 1. The Morgan fingerprint density at radius 1 is 1.00 bits per heavy atom. The van der Waals surface area contributed by atoms with Gasteiger partial charge in [-0.1, -0.05) is 48.6 Å². The average Bonchev–Trinajstić information content (AvgIpc) is 2.07. The molecule has 1 N–H and O–H groups in total. The van der Waals surface area contributed by atoms with Gasteiger partial charge < -0.3 is 5.32 Å². The minimum atomic E-state index is -0.529. The zero-order valence-corrected chi connectivity index (χ0v) is 9.62. The van der Waals surface area contributed by atoms with Crippen LogP contribution in [0.25, 0.3) is 0 Å². The van der Waals surface area contributed by atoms with Crippen LogP contribution < -0.4 is 10.5 Å². The molecule has 0 atom stereocenters. The lowest BCUT2D eigenvalue weighted by Crippen LogP contribution is -2.21. The second kappa shape index (κ2) is 7.07. The van der Waals surface area contributed by atoms with Crippen LogP contribution in [-0.2, 0) is 0 Å². The van der Waals surface area contributed by atoms with Gasteiger partial charge in [0.2, 0.25) is 0 Å². The Kier molecular flexibility index (Phi) is 6.71. The largest absolute Gasteiger partial charge is 0.323 e. The summed E-state index contributed by atoms with van der Waals surface area (Å²) in [6.45, 7) is 4.69. The maximum Gasteiger partial charge on any atom is 0.0647 e. The molecule has 1 nitrogen and oxygen atoms in total. The molecule has 1 aromatic rings. The highest BCUT2D eigenvalue weighted by molar-refractivity contribution is 6.70. The first kappa shape index (κ1) is 11.4. The summed E-state index contributed by atoms with van der Waals surface area (Å²) in [6.07, 6.45) is 0. The topological polar surface area (TPSA) is 12.0 Å². The van der Waals surface area contributed by atoms with Crippen LogP contribution in [0.15, 0.2) is 30.3 Å². The van der Waals surface area contributed by atoms with Crippen LogP contribution in [0.2, 0.25) is 13.1 Å². The Bertz CT molecular complexity index is 184. The van der Waals surface area contributed by atoms with Gasteiger partial charge in [-0.25, -0.2) is 0 Å². The molecule has 0 amide bonds. The lowest BCUT2D eigenvalue weighted by atomic mass is 10.4.